The average Bonchev–Trinajstić information content (AvgIpc) is 1.75. The maximum atomic E-state index is 15.4. The van der Waals surface area contributed by atoms with Crippen LogP contribution >= 0.6 is 11.6 Å². The molecule has 7 atom stereocenters. The largest absolute Gasteiger partial charge is 0.417 e. The summed E-state index contributed by atoms with van der Waals surface area (Å²) >= 11 is 6.15. The second-order valence-electron chi connectivity index (χ2n) is 29.7. The molecule has 6 fully saturated rings. The number of carbonyl (C=O) groups is 12. The lowest BCUT2D eigenvalue weighted by atomic mass is 9.84. The fourth-order valence-electron chi connectivity index (χ4n) is 15.6. The van der Waals surface area contributed by atoms with Crippen LogP contribution in [0.3, 0.4) is 0 Å². The van der Waals surface area contributed by atoms with Crippen LogP contribution in [0.1, 0.15) is 180 Å². The molecule has 3 heterocycles. The van der Waals surface area contributed by atoms with E-state index in [0.29, 0.717) is 63.6 Å². The van der Waals surface area contributed by atoms with Crippen molar-refractivity contribution in [1.29, 1.82) is 0 Å². The molecule has 99 heavy (non-hydrogen) atoms. The summed E-state index contributed by atoms with van der Waals surface area (Å²) in [5.74, 6) is -8.78. The van der Waals surface area contributed by atoms with Crippen molar-refractivity contribution in [3.8, 4) is 0 Å². The molecule has 3 aliphatic heterocycles. The molecule has 0 radical (unpaired) electrons. The lowest BCUT2D eigenvalue weighted by Crippen LogP contribution is -2.65. The van der Waals surface area contributed by atoms with Gasteiger partial charge in [0.05, 0.1) is 36.6 Å². The third-order valence-electron chi connectivity index (χ3n) is 21.5. The van der Waals surface area contributed by atoms with Gasteiger partial charge in [-0.05, 0) is 125 Å². The van der Waals surface area contributed by atoms with Crippen molar-refractivity contribution < 1.29 is 70.7 Å². The molecule has 552 valence electrons. The van der Waals surface area contributed by atoms with Crippen LogP contribution in [-0.4, -0.2) is 251 Å². The molecule has 1 aromatic rings. The zero-order valence-corrected chi connectivity index (χ0v) is 60.8. The summed E-state index contributed by atoms with van der Waals surface area (Å²) < 4.78 is 41.6. The van der Waals surface area contributed by atoms with Crippen LogP contribution in [0, 0.1) is 23.7 Å². The van der Waals surface area contributed by atoms with Gasteiger partial charge in [0.15, 0.2) is 0 Å². The summed E-state index contributed by atoms with van der Waals surface area (Å²) in [7, 11) is 9.95. The fourth-order valence-corrected chi connectivity index (χ4v) is 15.9. The van der Waals surface area contributed by atoms with Gasteiger partial charge in [-0.1, -0.05) is 103 Å². The quantitative estimate of drug-likeness (QED) is 0.257. The number of nitrogens with zero attached hydrogens (tertiary/aromatic N) is 9. The molecule has 1 spiro atoms. The summed E-state index contributed by atoms with van der Waals surface area (Å²) in [5, 5.41) is 8.19. The van der Waals surface area contributed by atoms with Crippen molar-refractivity contribution in [1.82, 2.24) is 60.0 Å². The van der Waals surface area contributed by atoms with E-state index < -0.39 is 167 Å². The standard InChI is InChI=1S/C71H108ClF3N12O12/c1-44(2)37-53-62(92)77-60(48-25-16-17-26-48)67(97)81(7)42-58(90)79(5)43-59(91)83(9)54(39-46-23-14-12-15-24-46)65(95)80(6)41-56(88)76-51(31-29-47-28-30-49(50(72)38-47)71(73,74)75)64(94)87-36-22-27-52(87)63(93)78-70(32-18-19-33-70)69(99)85(11)61(45(3)4)68(98)84(10)55(40-57(89)82(53)8)66(96)86-34-20-13-21-35-86/h28,30,38,44-46,48,51-55,60-61H,12-27,29,31-37,39-43H2,1-11H3,(H,76,88)(H,77,92)(H,78,93)/t51-,52-,53-,54-,55-,60-,61-/m0/s1. The molecule has 3 aliphatic carbocycles. The van der Waals surface area contributed by atoms with E-state index in [0.717, 1.165) is 73.3 Å². The van der Waals surface area contributed by atoms with Gasteiger partial charge in [-0.15, -0.1) is 0 Å². The van der Waals surface area contributed by atoms with Gasteiger partial charge in [-0.2, -0.15) is 13.2 Å². The zero-order valence-electron chi connectivity index (χ0n) is 60.0. The average molecular weight is 1410 g/mol. The maximum Gasteiger partial charge on any atom is 0.417 e. The molecule has 3 saturated carbocycles. The predicted octanol–water partition coefficient (Wildman–Crippen LogP) is 5.64. The number of alkyl halides is 3. The van der Waals surface area contributed by atoms with Crippen molar-refractivity contribution in [2.75, 3.05) is 88.6 Å². The van der Waals surface area contributed by atoms with Gasteiger partial charge in [0.1, 0.15) is 47.8 Å². The van der Waals surface area contributed by atoms with Crippen LogP contribution in [0.15, 0.2) is 18.2 Å². The number of hydrogen-bond acceptors (Lipinski definition) is 12. The van der Waals surface area contributed by atoms with Crippen molar-refractivity contribution >= 4 is 82.5 Å². The highest BCUT2D eigenvalue weighted by Crippen LogP contribution is 2.38. The Morgan fingerprint density at radius 1 is 0.606 bits per heavy atom. The van der Waals surface area contributed by atoms with Gasteiger partial charge in [0.2, 0.25) is 70.9 Å². The van der Waals surface area contributed by atoms with Crippen LogP contribution in [0.2, 0.25) is 5.02 Å². The van der Waals surface area contributed by atoms with Crippen molar-refractivity contribution in [3.05, 3.63) is 34.3 Å². The number of piperidine rings is 1. The Hall–Kier alpha value is -7.06. The van der Waals surface area contributed by atoms with E-state index in [1.54, 1.807) is 18.7 Å². The number of rotatable bonds is 10. The summed E-state index contributed by atoms with van der Waals surface area (Å²) in [6.45, 7) is 6.35. The number of amides is 12. The highest BCUT2D eigenvalue weighted by Gasteiger charge is 2.51. The van der Waals surface area contributed by atoms with Gasteiger partial charge in [0, 0.05) is 69.0 Å². The third kappa shape index (κ3) is 19.9. The molecule has 7 rings (SSSR count). The Kier molecular flexibility index (Phi) is 28.0. The summed E-state index contributed by atoms with van der Waals surface area (Å²) in [6.07, 6.45) is 5.88. The molecule has 0 aromatic heterocycles. The molecule has 0 bridgehead atoms. The molecule has 0 unspecified atom stereocenters. The Bertz CT molecular complexity index is 3090. The molecule has 12 amide bonds. The first kappa shape index (κ1) is 79.3. The summed E-state index contributed by atoms with van der Waals surface area (Å²) in [5.41, 5.74) is -2.35. The van der Waals surface area contributed by atoms with Gasteiger partial charge in [0.25, 0.3) is 0 Å². The highest BCUT2D eigenvalue weighted by molar-refractivity contribution is 6.31. The predicted molar refractivity (Wildman–Crippen MR) is 364 cm³/mol. The Balaban J connectivity index is 1.27. The minimum absolute atomic E-state index is 0.0225. The topological polar surface area (TPSA) is 270 Å². The van der Waals surface area contributed by atoms with Crippen LogP contribution < -0.4 is 16.0 Å². The van der Waals surface area contributed by atoms with Crippen molar-refractivity contribution in [2.24, 2.45) is 23.7 Å². The second-order valence-corrected chi connectivity index (χ2v) is 30.1. The van der Waals surface area contributed by atoms with Crippen LogP contribution in [0.25, 0.3) is 0 Å². The van der Waals surface area contributed by atoms with E-state index in [9.17, 15) is 46.7 Å². The Morgan fingerprint density at radius 2 is 1.20 bits per heavy atom. The highest BCUT2D eigenvalue weighted by atomic mass is 35.5. The number of likely N-dealkylation sites (tertiary alicyclic amines) is 1. The van der Waals surface area contributed by atoms with E-state index in [1.807, 2.05) is 13.8 Å². The number of nitrogens with one attached hydrogen (secondary N) is 3. The van der Waals surface area contributed by atoms with Crippen molar-refractivity contribution in [3.63, 3.8) is 0 Å². The van der Waals surface area contributed by atoms with E-state index >= 15 is 24.0 Å². The van der Waals surface area contributed by atoms with Gasteiger partial charge < -0.3 is 60.0 Å². The smallest absolute Gasteiger partial charge is 0.343 e. The molecule has 3 saturated heterocycles. The van der Waals surface area contributed by atoms with Gasteiger partial charge in [-0.25, -0.2) is 0 Å². The van der Waals surface area contributed by atoms with Gasteiger partial charge in [-0.3, -0.25) is 57.5 Å². The SMILES string of the molecule is CC(C)C[C@H]1C(=O)N[C@@H](C2CCCC2)C(=O)N(C)CC(=O)N(C)CC(=O)N(C)[C@@H](CC2CCCCC2)C(=O)N(C)CC(=O)N[C@@H](CCc2ccc(C(F)(F)F)c(Cl)c2)C(=O)N2CCC[C@H]2C(=O)NC2(CCCC2)C(=O)N(C)[C@@H](C(C)C)C(=O)N(C)[C@H](C(=O)N2CCCCC2)CC(=O)N1C. The number of hydrogen-bond donors (Lipinski definition) is 3. The minimum atomic E-state index is -4.76. The summed E-state index contributed by atoms with van der Waals surface area (Å²) in [4.78, 5) is 190. The second kappa shape index (κ2) is 35.0. The van der Waals surface area contributed by atoms with E-state index in [-0.39, 0.29) is 69.2 Å². The number of aryl methyl sites for hydroxylation is 1. The monoisotopic (exact) mass is 1410 g/mol. The van der Waals surface area contributed by atoms with Crippen molar-refractivity contribution in [2.45, 2.75) is 229 Å². The number of fused-ring (bicyclic) bond motifs is 1. The minimum Gasteiger partial charge on any atom is -0.343 e. The number of halogens is 4. The first-order valence-corrected chi connectivity index (χ1v) is 36.2. The number of carbonyl (C=O) groups excluding carboxylic acids is 12. The third-order valence-corrected chi connectivity index (χ3v) is 21.9. The fraction of sp³-hybridized carbons (Fsp3) is 0.746. The Labute approximate surface area is 586 Å². The summed E-state index contributed by atoms with van der Waals surface area (Å²) in [6, 6.07) is -5.53. The van der Waals surface area contributed by atoms with Crippen LogP contribution in [-0.2, 0) is 70.1 Å². The van der Waals surface area contributed by atoms with Crippen LogP contribution in [0.5, 0.6) is 0 Å². The van der Waals surface area contributed by atoms with Gasteiger partial charge >= 0.3 is 6.18 Å². The number of likely N-dealkylation sites (N-methyl/N-ethyl adjacent to an activating group) is 7. The molecule has 6 aliphatic rings. The van der Waals surface area contributed by atoms with E-state index in [2.05, 4.69) is 16.0 Å². The number of benzene rings is 1. The van der Waals surface area contributed by atoms with Crippen LogP contribution in [0.4, 0.5) is 13.2 Å². The zero-order chi connectivity index (χ0) is 73.0. The first-order chi connectivity index (χ1) is 46.7. The molecular formula is C71H108ClF3N12O12. The molecule has 24 nitrogen and oxygen atoms in total. The Morgan fingerprint density at radius 3 is 1.81 bits per heavy atom. The normalized spacial score (nSPS) is 26.7. The van der Waals surface area contributed by atoms with E-state index in [1.165, 1.54) is 84.8 Å². The molecule has 28 heteroatoms. The van der Waals surface area contributed by atoms with E-state index in [4.69, 9.17) is 11.6 Å². The maximum absolute atomic E-state index is 15.4. The molecular weight excluding hydrogens is 1310 g/mol. The molecule has 3 N–H and O–H groups in total. The lowest BCUT2D eigenvalue weighted by molar-refractivity contribution is -0.156. The molecule has 1 aromatic carbocycles. The lowest BCUT2D eigenvalue weighted by Gasteiger charge is -2.42. The first-order valence-electron chi connectivity index (χ1n) is 35.8.